The summed E-state index contributed by atoms with van der Waals surface area (Å²) < 4.78 is 4.86. The van der Waals surface area contributed by atoms with Gasteiger partial charge < -0.3 is 15.3 Å². The summed E-state index contributed by atoms with van der Waals surface area (Å²) in [6.45, 7) is 1.34. The molecule has 4 heteroatoms. The van der Waals surface area contributed by atoms with Crippen LogP contribution in [0.2, 0.25) is 0 Å². The molecule has 2 N–H and O–H groups in total. The molecule has 0 saturated carbocycles. The largest absolute Gasteiger partial charge is 0.427 e. The van der Waals surface area contributed by atoms with Crippen molar-refractivity contribution in [2.24, 2.45) is 5.73 Å². The van der Waals surface area contributed by atoms with E-state index in [-0.39, 0.29) is 5.97 Å². The van der Waals surface area contributed by atoms with Gasteiger partial charge in [0.05, 0.1) is 6.04 Å². The Bertz CT molecular complexity index is 345. The van der Waals surface area contributed by atoms with Crippen LogP contribution in [0.5, 0.6) is 5.75 Å². The first-order chi connectivity index (χ1) is 7.11. The Labute approximate surface area is 88.0 Å². The molecule has 0 heterocycles. The fourth-order valence-electron chi connectivity index (χ4n) is 1.18. The van der Waals surface area contributed by atoms with Crippen LogP contribution in [0, 0.1) is 0 Å². The van der Waals surface area contributed by atoms with Crippen LogP contribution in [-0.2, 0) is 16.0 Å². The standard InChI is InChI=1S/C11H13NO3/c1-8(14)15-11-4-2-9(3-5-11)6-10(12)7-13/h2-5,7,10H,6,12H2,1H3. The van der Waals surface area contributed by atoms with Gasteiger partial charge in [-0.1, -0.05) is 12.1 Å². The van der Waals surface area contributed by atoms with E-state index >= 15 is 0 Å². The van der Waals surface area contributed by atoms with Gasteiger partial charge >= 0.3 is 5.97 Å². The maximum atomic E-state index is 10.6. The van der Waals surface area contributed by atoms with Crippen molar-refractivity contribution in [3.63, 3.8) is 0 Å². The van der Waals surface area contributed by atoms with E-state index in [0.717, 1.165) is 5.56 Å². The van der Waals surface area contributed by atoms with Crippen LogP contribution in [0.25, 0.3) is 0 Å². The number of hydrogen-bond donors (Lipinski definition) is 1. The van der Waals surface area contributed by atoms with Gasteiger partial charge in [-0.3, -0.25) is 4.79 Å². The fraction of sp³-hybridized carbons (Fsp3) is 0.273. The molecule has 0 aliphatic carbocycles. The lowest BCUT2D eigenvalue weighted by atomic mass is 10.1. The summed E-state index contributed by atoms with van der Waals surface area (Å²) in [5, 5.41) is 0. The van der Waals surface area contributed by atoms with E-state index in [2.05, 4.69) is 0 Å². The topological polar surface area (TPSA) is 69.4 Å². The second-order valence-corrected chi connectivity index (χ2v) is 3.24. The van der Waals surface area contributed by atoms with Gasteiger partial charge in [-0.05, 0) is 24.1 Å². The zero-order valence-corrected chi connectivity index (χ0v) is 8.47. The number of carbonyl (C=O) groups is 2. The third-order valence-corrected chi connectivity index (χ3v) is 1.83. The number of nitrogens with two attached hydrogens (primary N) is 1. The van der Waals surface area contributed by atoms with Gasteiger partial charge in [-0.2, -0.15) is 0 Å². The summed E-state index contributed by atoms with van der Waals surface area (Å²) in [7, 11) is 0. The van der Waals surface area contributed by atoms with E-state index in [1.54, 1.807) is 24.3 Å². The number of carbonyl (C=O) groups excluding carboxylic acids is 2. The second-order valence-electron chi connectivity index (χ2n) is 3.24. The molecule has 0 amide bonds. The van der Waals surface area contributed by atoms with E-state index in [9.17, 15) is 9.59 Å². The predicted octanol–water partition coefficient (Wildman–Crippen LogP) is 0.681. The molecule has 1 unspecified atom stereocenters. The Morgan fingerprint density at radius 3 is 2.53 bits per heavy atom. The van der Waals surface area contributed by atoms with Crippen molar-refractivity contribution in [1.29, 1.82) is 0 Å². The van der Waals surface area contributed by atoms with Crippen molar-refractivity contribution in [3.8, 4) is 5.75 Å². The van der Waals surface area contributed by atoms with Crippen LogP contribution in [0.4, 0.5) is 0 Å². The molecule has 1 aromatic carbocycles. The Kier molecular flexibility index (Phi) is 4.00. The van der Waals surface area contributed by atoms with Crippen LogP contribution in [0.1, 0.15) is 12.5 Å². The zero-order chi connectivity index (χ0) is 11.3. The van der Waals surface area contributed by atoms with Crippen molar-refractivity contribution < 1.29 is 14.3 Å². The van der Waals surface area contributed by atoms with Crippen molar-refractivity contribution in [2.75, 3.05) is 0 Å². The Hall–Kier alpha value is -1.68. The summed E-state index contributed by atoms with van der Waals surface area (Å²) in [6, 6.07) is 6.43. The molecule has 4 nitrogen and oxygen atoms in total. The summed E-state index contributed by atoms with van der Waals surface area (Å²) in [6.07, 6.45) is 1.20. The third kappa shape index (κ3) is 3.91. The molecule has 0 spiro atoms. The molecule has 15 heavy (non-hydrogen) atoms. The number of hydrogen-bond acceptors (Lipinski definition) is 4. The van der Waals surface area contributed by atoms with E-state index < -0.39 is 6.04 Å². The minimum atomic E-state index is -0.482. The van der Waals surface area contributed by atoms with Gasteiger partial charge in [-0.25, -0.2) is 0 Å². The highest BCUT2D eigenvalue weighted by Gasteiger charge is 2.03. The third-order valence-electron chi connectivity index (χ3n) is 1.83. The van der Waals surface area contributed by atoms with E-state index in [1.165, 1.54) is 6.92 Å². The normalized spacial score (nSPS) is 11.9. The quantitative estimate of drug-likeness (QED) is 0.448. The maximum absolute atomic E-state index is 10.6. The lowest BCUT2D eigenvalue weighted by Crippen LogP contribution is -2.23. The predicted molar refractivity (Wildman–Crippen MR) is 55.5 cm³/mol. The van der Waals surface area contributed by atoms with Crippen LogP contribution < -0.4 is 10.5 Å². The zero-order valence-electron chi connectivity index (χ0n) is 8.47. The summed E-state index contributed by atoms with van der Waals surface area (Å²) >= 11 is 0. The highest BCUT2D eigenvalue weighted by molar-refractivity contribution is 5.69. The Morgan fingerprint density at radius 2 is 2.07 bits per heavy atom. The van der Waals surface area contributed by atoms with Crippen molar-refractivity contribution >= 4 is 12.3 Å². The smallest absolute Gasteiger partial charge is 0.308 e. The molecule has 1 rings (SSSR count). The molecule has 80 valence electrons. The molecule has 1 atom stereocenters. The van der Waals surface area contributed by atoms with Gasteiger partial charge in [0, 0.05) is 6.92 Å². The first kappa shape index (κ1) is 11.4. The van der Waals surface area contributed by atoms with Crippen LogP contribution in [0.15, 0.2) is 24.3 Å². The van der Waals surface area contributed by atoms with Crippen molar-refractivity contribution in [2.45, 2.75) is 19.4 Å². The number of benzene rings is 1. The minimum absolute atomic E-state index is 0.354. The minimum Gasteiger partial charge on any atom is -0.427 e. The lowest BCUT2D eigenvalue weighted by Gasteiger charge is -2.05. The lowest BCUT2D eigenvalue weighted by molar-refractivity contribution is -0.131. The van der Waals surface area contributed by atoms with E-state index in [1.807, 2.05) is 0 Å². The highest BCUT2D eigenvalue weighted by Crippen LogP contribution is 2.13. The van der Waals surface area contributed by atoms with Crippen molar-refractivity contribution in [1.82, 2.24) is 0 Å². The average molecular weight is 207 g/mol. The van der Waals surface area contributed by atoms with Gasteiger partial charge in [0.15, 0.2) is 0 Å². The molecule has 0 saturated heterocycles. The molecule has 0 aliphatic rings. The maximum Gasteiger partial charge on any atom is 0.308 e. The summed E-state index contributed by atoms with van der Waals surface area (Å²) in [5.41, 5.74) is 6.41. The van der Waals surface area contributed by atoms with Gasteiger partial charge in [-0.15, -0.1) is 0 Å². The molecule has 0 bridgehead atoms. The van der Waals surface area contributed by atoms with Gasteiger partial charge in [0.2, 0.25) is 0 Å². The van der Waals surface area contributed by atoms with Gasteiger partial charge in [0.1, 0.15) is 12.0 Å². The number of ether oxygens (including phenoxy) is 1. The van der Waals surface area contributed by atoms with Crippen molar-refractivity contribution in [3.05, 3.63) is 29.8 Å². The monoisotopic (exact) mass is 207 g/mol. The molecular formula is C11H13NO3. The second kappa shape index (κ2) is 5.26. The first-order valence-electron chi connectivity index (χ1n) is 4.60. The number of rotatable bonds is 4. The Morgan fingerprint density at radius 1 is 1.47 bits per heavy atom. The van der Waals surface area contributed by atoms with Crippen LogP contribution in [-0.4, -0.2) is 18.3 Å². The Balaban J connectivity index is 2.63. The SMILES string of the molecule is CC(=O)Oc1ccc(CC(N)C=O)cc1. The molecule has 1 aromatic rings. The molecule has 0 aliphatic heterocycles. The molecule has 0 aromatic heterocycles. The first-order valence-corrected chi connectivity index (χ1v) is 4.60. The highest BCUT2D eigenvalue weighted by atomic mass is 16.5. The summed E-state index contributed by atoms with van der Waals surface area (Å²) in [5.74, 6) is 0.137. The molecular weight excluding hydrogens is 194 g/mol. The number of aldehydes is 1. The van der Waals surface area contributed by atoms with Crippen LogP contribution in [0.3, 0.4) is 0 Å². The molecule has 0 radical (unpaired) electrons. The average Bonchev–Trinajstić information content (AvgIpc) is 2.20. The summed E-state index contributed by atoms with van der Waals surface area (Å²) in [4.78, 5) is 21.0. The van der Waals surface area contributed by atoms with E-state index in [4.69, 9.17) is 10.5 Å². The fourth-order valence-corrected chi connectivity index (χ4v) is 1.18. The van der Waals surface area contributed by atoms with Gasteiger partial charge in [0.25, 0.3) is 0 Å². The number of esters is 1. The van der Waals surface area contributed by atoms with Crippen LogP contribution >= 0.6 is 0 Å². The molecule has 0 fully saturated rings. The van der Waals surface area contributed by atoms with E-state index in [0.29, 0.717) is 18.5 Å².